The molecular formula is C20H21FN8O10S2. The second-order valence-corrected chi connectivity index (χ2v) is 11.6. The molecule has 7 N–H and O–H groups in total. The fraction of sp³-hybridized carbons (Fsp3) is 0.350. The van der Waals surface area contributed by atoms with Gasteiger partial charge in [-0.1, -0.05) is 17.8 Å². The number of phenolic OH excluding ortho intramolecular Hbond substituents is 1. The number of urea groups is 2. The standard InChI is InChI=1S/C20H21FN8O10S2/c21-11-7-9(30)1-2-10(11)13(41(37,38)39)14(31)25-12-15(32)27-8-20(17(33)34,40-16(12)27)28-5-6-29(19(28)36)24-4-3-23-26-18(22)35/h1-4,7,12-13,16,30H,5-6,8H2,(H,25,31)(H,33,34)(H3,22,26,35)(H,37,38,39)/b23-3-,24-4-/t12-,13?,16-,20-/m1/s1. The number of nitrogens with two attached hydrogens (primary N) is 1. The van der Waals surface area contributed by atoms with Crippen LogP contribution in [0.3, 0.4) is 0 Å². The van der Waals surface area contributed by atoms with E-state index in [0.29, 0.717) is 17.8 Å². The van der Waals surface area contributed by atoms with E-state index in [0.717, 1.165) is 39.4 Å². The van der Waals surface area contributed by atoms with Gasteiger partial charge in [0.1, 0.15) is 23.0 Å². The van der Waals surface area contributed by atoms with Crippen LogP contribution >= 0.6 is 11.8 Å². The lowest BCUT2D eigenvalue weighted by Crippen LogP contribution is -2.68. The molecule has 18 nitrogen and oxygen atoms in total. The molecule has 3 heterocycles. The topological polar surface area (TPSA) is 265 Å². The Balaban J connectivity index is 1.51. The van der Waals surface area contributed by atoms with E-state index in [-0.39, 0.29) is 13.1 Å². The smallest absolute Gasteiger partial charge is 0.342 e. The van der Waals surface area contributed by atoms with E-state index >= 15 is 0 Å². The molecule has 0 bridgehead atoms. The maximum atomic E-state index is 14.4. The normalized spacial score (nSPS) is 25.0. The van der Waals surface area contributed by atoms with Crippen molar-refractivity contribution in [2.45, 2.75) is 21.5 Å². The minimum atomic E-state index is -5.27. The number of benzene rings is 1. The van der Waals surface area contributed by atoms with Crippen molar-refractivity contribution in [3.8, 4) is 5.75 Å². The highest BCUT2D eigenvalue weighted by Crippen LogP contribution is 2.49. The number of amides is 6. The minimum absolute atomic E-state index is 0.0466. The number of carbonyl (C=O) groups is 5. The van der Waals surface area contributed by atoms with E-state index in [2.05, 4.69) is 15.5 Å². The van der Waals surface area contributed by atoms with E-state index in [1.165, 1.54) is 0 Å². The molecule has 41 heavy (non-hydrogen) atoms. The Morgan fingerprint density at radius 2 is 1.95 bits per heavy atom. The lowest BCUT2D eigenvalue weighted by Gasteiger charge is -2.41. The quantitative estimate of drug-likeness (QED) is 0.0766. The number of rotatable bonds is 9. The van der Waals surface area contributed by atoms with Crippen LogP contribution in [-0.4, -0.2) is 116 Å². The predicted octanol–water partition coefficient (Wildman–Crippen LogP) is -1.98. The van der Waals surface area contributed by atoms with Crippen LogP contribution in [0.1, 0.15) is 10.8 Å². The van der Waals surface area contributed by atoms with Crippen molar-refractivity contribution in [1.29, 1.82) is 0 Å². The average Bonchev–Trinajstić information content (AvgIpc) is 3.42. The Kier molecular flexibility index (Phi) is 7.78. The zero-order valence-corrected chi connectivity index (χ0v) is 22.1. The van der Waals surface area contributed by atoms with Gasteiger partial charge in [-0.15, -0.1) is 0 Å². The zero-order chi connectivity index (χ0) is 30.3. The number of primary amides is 1. The van der Waals surface area contributed by atoms with Gasteiger partial charge in [-0.3, -0.25) is 19.0 Å². The van der Waals surface area contributed by atoms with Crippen molar-refractivity contribution in [2.24, 2.45) is 15.9 Å². The molecule has 0 spiro atoms. The van der Waals surface area contributed by atoms with Crippen LogP contribution in [0.5, 0.6) is 5.75 Å². The highest BCUT2D eigenvalue weighted by Gasteiger charge is 2.66. The molecule has 3 saturated heterocycles. The molecule has 3 aliphatic heterocycles. The molecule has 220 valence electrons. The third kappa shape index (κ3) is 5.45. The number of hydrazone groups is 2. The monoisotopic (exact) mass is 616 g/mol. The van der Waals surface area contributed by atoms with Crippen LogP contribution in [0.15, 0.2) is 28.4 Å². The molecule has 0 saturated carbocycles. The van der Waals surface area contributed by atoms with Gasteiger partial charge in [0.25, 0.3) is 10.1 Å². The predicted molar refractivity (Wildman–Crippen MR) is 136 cm³/mol. The summed E-state index contributed by atoms with van der Waals surface area (Å²) in [5.74, 6) is -5.66. The molecule has 4 atom stereocenters. The van der Waals surface area contributed by atoms with E-state index in [9.17, 15) is 51.5 Å². The highest BCUT2D eigenvalue weighted by atomic mass is 32.2. The minimum Gasteiger partial charge on any atom is -0.508 e. The van der Waals surface area contributed by atoms with Gasteiger partial charge in [0, 0.05) is 18.2 Å². The summed E-state index contributed by atoms with van der Waals surface area (Å²) in [4.78, 5) is 61.7. The number of thioether (sulfide) groups is 1. The molecule has 3 aliphatic rings. The molecule has 3 fully saturated rings. The molecule has 21 heteroatoms. The number of halogens is 1. The van der Waals surface area contributed by atoms with Crippen LogP contribution in [0.25, 0.3) is 0 Å². The number of carboxylic acids is 1. The van der Waals surface area contributed by atoms with Crippen LogP contribution in [0.2, 0.25) is 0 Å². The number of aliphatic carboxylic acids is 1. The summed E-state index contributed by atoms with van der Waals surface area (Å²) < 4.78 is 47.9. The third-order valence-electron chi connectivity index (χ3n) is 6.22. The number of phenols is 1. The number of carboxylic acid groups (broad SMARTS) is 1. The van der Waals surface area contributed by atoms with Crippen molar-refractivity contribution >= 4 is 64.2 Å². The maximum absolute atomic E-state index is 14.4. The Labute approximate surface area is 233 Å². The van der Waals surface area contributed by atoms with Gasteiger partial charge in [0.15, 0.2) is 5.25 Å². The Bertz CT molecular complexity index is 1490. The van der Waals surface area contributed by atoms with Crippen molar-refractivity contribution in [1.82, 2.24) is 25.6 Å². The fourth-order valence-electron chi connectivity index (χ4n) is 4.41. The molecule has 1 unspecified atom stereocenters. The number of nitrogens with zero attached hydrogens (tertiary/aromatic N) is 5. The molecule has 6 amide bonds. The Morgan fingerprint density at radius 1 is 1.24 bits per heavy atom. The lowest BCUT2D eigenvalue weighted by atomic mass is 10.0. The lowest BCUT2D eigenvalue weighted by molar-refractivity contribution is -0.151. The molecule has 1 aromatic carbocycles. The number of carbonyl (C=O) groups excluding carboxylic acids is 4. The van der Waals surface area contributed by atoms with Gasteiger partial charge >= 0.3 is 18.0 Å². The van der Waals surface area contributed by atoms with Crippen LogP contribution in [0.4, 0.5) is 14.0 Å². The first-order chi connectivity index (χ1) is 19.2. The van der Waals surface area contributed by atoms with E-state index in [4.69, 9.17) is 5.73 Å². The number of aromatic hydroxyl groups is 1. The summed E-state index contributed by atoms with van der Waals surface area (Å²) in [5.41, 5.74) is 5.95. The average molecular weight is 617 g/mol. The number of β-lactam (4-membered cyclic amide) rings is 1. The number of hydrogen-bond acceptors (Lipinski definition) is 11. The fourth-order valence-corrected chi connectivity index (χ4v) is 6.90. The zero-order valence-electron chi connectivity index (χ0n) is 20.4. The van der Waals surface area contributed by atoms with Crippen LogP contribution in [-0.2, 0) is 24.5 Å². The van der Waals surface area contributed by atoms with Gasteiger partial charge in [0.2, 0.25) is 16.7 Å². The van der Waals surface area contributed by atoms with Gasteiger partial charge < -0.3 is 26.2 Å². The van der Waals surface area contributed by atoms with Gasteiger partial charge in [0.05, 0.1) is 25.5 Å². The van der Waals surface area contributed by atoms with Crippen LogP contribution < -0.4 is 16.5 Å². The Hall–Kier alpha value is -4.50. The second kappa shape index (κ2) is 10.8. The van der Waals surface area contributed by atoms with Crippen LogP contribution in [0, 0.1) is 5.82 Å². The molecule has 0 radical (unpaired) electrons. The highest BCUT2D eigenvalue weighted by molar-refractivity contribution is 8.02. The second-order valence-electron chi connectivity index (χ2n) is 8.73. The van der Waals surface area contributed by atoms with Crippen molar-refractivity contribution in [2.75, 3.05) is 19.6 Å². The van der Waals surface area contributed by atoms with Gasteiger partial charge in [-0.25, -0.2) is 29.2 Å². The number of fused-ring (bicyclic) bond motifs is 1. The SMILES string of the molecule is NC(=O)N/N=C\C=N/N1CCN([C@]2(C(=O)O)CN3C(=O)[C@@H](NC(=O)C(c4ccc(O)cc4F)S(=O)(=O)O)[C@H]3S2)C1=O. The largest absolute Gasteiger partial charge is 0.508 e. The van der Waals surface area contributed by atoms with Crippen molar-refractivity contribution in [3.05, 3.63) is 29.6 Å². The van der Waals surface area contributed by atoms with E-state index < -0.39 is 85.2 Å². The third-order valence-corrected chi connectivity index (χ3v) is 8.97. The first-order valence-electron chi connectivity index (χ1n) is 11.3. The summed E-state index contributed by atoms with van der Waals surface area (Å²) in [6.45, 7) is -0.650. The van der Waals surface area contributed by atoms with E-state index in [1.807, 2.05) is 5.43 Å². The molecule has 1 aromatic rings. The van der Waals surface area contributed by atoms with Crippen molar-refractivity contribution < 1.29 is 51.5 Å². The Morgan fingerprint density at radius 3 is 2.56 bits per heavy atom. The van der Waals surface area contributed by atoms with E-state index in [1.54, 1.807) is 0 Å². The number of nitrogens with one attached hydrogen (secondary N) is 2. The first kappa shape index (κ1) is 29.5. The summed E-state index contributed by atoms with van der Waals surface area (Å²) in [5, 5.41) is 26.2. The summed E-state index contributed by atoms with van der Waals surface area (Å²) in [7, 11) is -5.27. The summed E-state index contributed by atoms with van der Waals surface area (Å²) in [6.07, 6.45) is 2.05. The van der Waals surface area contributed by atoms with Gasteiger partial charge in [-0.2, -0.15) is 18.6 Å². The maximum Gasteiger partial charge on any atom is 0.342 e. The van der Waals surface area contributed by atoms with Gasteiger partial charge in [-0.05, 0) is 6.07 Å². The first-order valence-corrected chi connectivity index (χ1v) is 13.7. The molecule has 4 rings (SSSR count). The van der Waals surface area contributed by atoms with Crippen molar-refractivity contribution in [3.63, 3.8) is 0 Å². The summed E-state index contributed by atoms with van der Waals surface area (Å²) in [6, 6.07) is -1.06. The number of hydrogen-bond donors (Lipinski definition) is 6. The molecular weight excluding hydrogens is 595 g/mol. The summed E-state index contributed by atoms with van der Waals surface area (Å²) >= 11 is 0.639. The molecule has 0 aromatic heterocycles. The molecule has 0 aliphatic carbocycles.